The van der Waals surface area contributed by atoms with Crippen molar-refractivity contribution in [3.63, 3.8) is 0 Å². The zero-order valence-corrected chi connectivity index (χ0v) is 10.8. The standard InChI is InChI=1S/C13H29N/c1-11(2)10-13(4)12(3)8-6-7-9-14-5/h11-14H,6-10H2,1-5H3/t12-,13?/m1/s1. The molecule has 1 N–H and O–H groups in total. The van der Waals surface area contributed by atoms with Gasteiger partial charge in [0, 0.05) is 0 Å². The maximum atomic E-state index is 3.20. The van der Waals surface area contributed by atoms with E-state index >= 15 is 0 Å². The van der Waals surface area contributed by atoms with Crippen molar-refractivity contribution in [3.05, 3.63) is 0 Å². The first kappa shape index (κ1) is 14.0. The van der Waals surface area contributed by atoms with Crippen LogP contribution < -0.4 is 5.32 Å². The minimum atomic E-state index is 0.852. The smallest absolute Gasteiger partial charge is 0.00519 e. The first-order valence-corrected chi connectivity index (χ1v) is 6.22. The highest BCUT2D eigenvalue weighted by molar-refractivity contribution is 4.64. The molecule has 86 valence electrons. The summed E-state index contributed by atoms with van der Waals surface area (Å²) in [4.78, 5) is 0. The topological polar surface area (TPSA) is 12.0 Å². The van der Waals surface area contributed by atoms with E-state index in [1.807, 2.05) is 7.05 Å². The number of hydrogen-bond donors (Lipinski definition) is 1. The summed E-state index contributed by atoms with van der Waals surface area (Å²) < 4.78 is 0. The van der Waals surface area contributed by atoms with Crippen LogP contribution in [0.5, 0.6) is 0 Å². The minimum absolute atomic E-state index is 0.852. The molecule has 0 heterocycles. The molecule has 0 amide bonds. The van der Waals surface area contributed by atoms with Crippen LogP contribution in [-0.2, 0) is 0 Å². The molecule has 14 heavy (non-hydrogen) atoms. The molecule has 0 aromatic rings. The quantitative estimate of drug-likeness (QED) is 0.588. The molecule has 0 rings (SSSR count). The molecule has 0 radical (unpaired) electrons. The predicted octanol–water partition coefficient (Wildman–Crippen LogP) is 3.69. The van der Waals surface area contributed by atoms with E-state index in [9.17, 15) is 0 Å². The van der Waals surface area contributed by atoms with E-state index in [1.54, 1.807) is 0 Å². The Kier molecular flexibility index (Phi) is 8.26. The van der Waals surface area contributed by atoms with Gasteiger partial charge in [-0.15, -0.1) is 0 Å². The van der Waals surface area contributed by atoms with Gasteiger partial charge in [0.15, 0.2) is 0 Å². The van der Waals surface area contributed by atoms with Gasteiger partial charge in [-0.05, 0) is 44.2 Å². The summed E-state index contributed by atoms with van der Waals surface area (Å²) in [6.45, 7) is 10.6. The van der Waals surface area contributed by atoms with E-state index in [-0.39, 0.29) is 0 Å². The molecule has 0 spiro atoms. The maximum absolute atomic E-state index is 3.20. The first-order valence-electron chi connectivity index (χ1n) is 6.22. The van der Waals surface area contributed by atoms with Crippen LogP contribution in [0.15, 0.2) is 0 Å². The third kappa shape index (κ3) is 7.37. The van der Waals surface area contributed by atoms with Gasteiger partial charge in [0.1, 0.15) is 0 Å². The molecule has 0 saturated carbocycles. The molecule has 0 aliphatic rings. The zero-order valence-electron chi connectivity index (χ0n) is 10.8. The lowest BCUT2D eigenvalue weighted by molar-refractivity contribution is 0.301. The Morgan fingerprint density at radius 1 is 0.929 bits per heavy atom. The van der Waals surface area contributed by atoms with Gasteiger partial charge >= 0.3 is 0 Å². The Balaban J connectivity index is 3.46. The van der Waals surface area contributed by atoms with E-state index in [0.29, 0.717) is 0 Å². The van der Waals surface area contributed by atoms with Crippen molar-refractivity contribution in [2.45, 2.75) is 53.4 Å². The summed E-state index contributed by atoms with van der Waals surface area (Å²) in [5.41, 5.74) is 0. The first-order chi connectivity index (χ1) is 6.57. The van der Waals surface area contributed by atoms with Gasteiger partial charge in [-0.3, -0.25) is 0 Å². The Bertz CT molecular complexity index is 120. The van der Waals surface area contributed by atoms with Gasteiger partial charge in [-0.2, -0.15) is 0 Å². The highest BCUT2D eigenvalue weighted by atomic mass is 14.8. The zero-order chi connectivity index (χ0) is 11.0. The molecular weight excluding hydrogens is 170 g/mol. The monoisotopic (exact) mass is 199 g/mol. The molecule has 0 aromatic heterocycles. The molecule has 0 aliphatic heterocycles. The fraction of sp³-hybridized carbons (Fsp3) is 1.00. The van der Waals surface area contributed by atoms with Crippen LogP contribution in [0.1, 0.15) is 53.4 Å². The molecule has 0 saturated heterocycles. The van der Waals surface area contributed by atoms with Crippen LogP contribution in [0.2, 0.25) is 0 Å². The second-order valence-corrected chi connectivity index (χ2v) is 5.18. The molecule has 1 nitrogen and oxygen atoms in total. The molecule has 2 atom stereocenters. The SMILES string of the molecule is CNCCCC[C@@H](C)C(C)CC(C)C. The number of hydrogen-bond acceptors (Lipinski definition) is 1. The Hall–Kier alpha value is -0.0400. The van der Waals surface area contributed by atoms with Crippen molar-refractivity contribution in [2.24, 2.45) is 17.8 Å². The summed E-state index contributed by atoms with van der Waals surface area (Å²) in [5.74, 6) is 2.64. The van der Waals surface area contributed by atoms with Gasteiger partial charge in [0.2, 0.25) is 0 Å². The average molecular weight is 199 g/mol. The minimum Gasteiger partial charge on any atom is -0.320 e. The normalized spacial score (nSPS) is 15.9. The van der Waals surface area contributed by atoms with E-state index in [1.165, 1.54) is 32.2 Å². The molecular formula is C13H29N. The van der Waals surface area contributed by atoms with Gasteiger partial charge < -0.3 is 5.32 Å². The lowest BCUT2D eigenvalue weighted by atomic mass is 9.85. The van der Waals surface area contributed by atoms with Crippen molar-refractivity contribution in [1.82, 2.24) is 5.32 Å². The Labute approximate surface area is 90.7 Å². The molecule has 0 bridgehead atoms. The van der Waals surface area contributed by atoms with Crippen LogP contribution in [0, 0.1) is 17.8 Å². The molecule has 0 aliphatic carbocycles. The third-order valence-electron chi connectivity index (χ3n) is 3.15. The van der Waals surface area contributed by atoms with Crippen molar-refractivity contribution < 1.29 is 0 Å². The van der Waals surface area contributed by atoms with Gasteiger partial charge in [0.25, 0.3) is 0 Å². The summed E-state index contributed by atoms with van der Waals surface area (Å²) in [5, 5.41) is 3.20. The lowest BCUT2D eigenvalue weighted by Gasteiger charge is -2.21. The largest absolute Gasteiger partial charge is 0.320 e. The van der Waals surface area contributed by atoms with E-state index < -0.39 is 0 Å². The summed E-state index contributed by atoms with van der Waals surface area (Å²) in [7, 11) is 2.03. The maximum Gasteiger partial charge on any atom is -0.00519 e. The van der Waals surface area contributed by atoms with E-state index in [2.05, 4.69) is 33.0 Å². The van der Waals surface area contributed by atoms with Gasteiger partial charge in [-0.1, -0.05) is 40.5 Å². The second-order valence-electron chi connectivity index (χ2n) is 5.18. The highest BCUT2D eigenvalue weighted by Crippen LogP contribution is 2.23. The average Bonchev–Trinajstić information content (AvgIpc) is 2.11. The lowest BCUT2D eigenvalue weighted by Crippen LogP contribution is -2.12. The van der Waals surface area contributed by atoms with Crippen LogP contribution in [0.25, 0.3) is 0 Å². The van der Waals surface area contributed by atoms with Crippen LogP contribution in [-0.4, -0.2) is 13.6 Å². The highest BCUT2D eigenvalue weighted by Gasteiger charge is 2.12. The van der Waals surface area contributed by atoms with Gasteiger partial charge in [0.05, 0.1) is 0 Å². The summed E-state index contributed by atoms with van der Waals surface area (Å²) in [6.07, 6.45) is 5.49. The molecule has 1 unspecified atom stereocenters. The summed E-state index contributed by atoms with van der Waals surface area (Å²) in [6, 6.07) is 0. The van der Waals surface area contributed by atoms with E-state index in [0.717, 1.165) is 17.8 Å². The fourth-order valence-corrected chi connectivity index (χ4v) is 2.03. The number of unbranched alkanes of at least 4 members (excludes halogenated alkanes) is 1. The van der Waals surface area contributed by atoms with Crippen LogP contribution in [0.3, 0.4) is 0 Å². The van der Waals surface area contributed by atoms with Crippen LogP contribution in [0.4, 0.5) is 0 Å². The molecule has 1 heteroatoms. The van der Waals surface area contributed by atoms with Crippen LogP contribution >= 0.6 is 0 Å². The number of nitrogens with one attached hydrogen (secondary N) is 1. The van der Waals surface area contributed by atoms with E-state index in [4.69, 9.17) is 0 Å². The van der Waals surface area contributed by atoms with Crippen molar-refractivity contribution >= 4 is 0 Å². The van der Waals surface area contributed by atoms with Crippen molar-refractivity contribution in [3.8, 4) is 0 Å². The summed E-state index contributed by atoms with van der Waals surface area (Å²) >= 11 is 0. The van der Waals surface area contributed by atoms with Crippen molar-refractivity contribution in [1.29, 1.82) is 0 Å². The second kappa shape index (κ2) is 8.28. The molecule has 0 aromatic carbocycles. The fourth-order valence-electron chi connectivity index (χ4n) is 2.03. The third-order valence-corrected chi connectivity index (χ3v) is 3.15. The molecule has 0 fully saturated rings. The predicted molar refractivity (Wildman–Crippen MR) is 65.6 cm³/mol. The Morgan fingerprint density at radius 3 is 2.07 bits per heavy atom. The van der Waals surface area contributed by atoms with Gasteiger partial charge in [-0.25, -0.2) is 0 Å². The number of rotatable bonds is 8. The Morgan fingerprint density at radius 2 is 1.57 bits per heavy atom. The van der Waals surface area contributed by atoms with Crippen molar-refractivity contribution in [2.75, 3.05) is 13.6 Å².